The highest BCUT2D eigenvalue weighted by Crippen LogP contribution is 2.35. The molecular weight excluding hydrogens is 648 g/mol. The first-order chi connectivity index (χ1) is 21.7. The summed E-state index contributed by atoms with van der Waals surface area (Å²) >= 11 is 3.53. The number of benzene rings is 3. The minimum absolute atomic E-state index is 0.163. The van der Waals surface area contributed by atoms with Crippen molar-refractivity contribution in [1.29, 1.82) is 0 Å². The molecule has 2 atom stereocenters. The zero-order chi connectivity index (χ0) is 32.3. The number of carbonyl (C=O) groups excluding carboxylic acids is 2. The van der Waals surface area contributed by atoms with E-state index in [9.17, 15) is 14.7 Å². The summed E-state index contributed by atoms with van der Waals surface area (Å²) in [5.74, 6) is 1.24. The van der Waals surface area contributed by atoms with Crippen LogP contribution in [0.3, 0.4) is 0 Å². The second kappa shape index (κ2) is 15.8. The SMILES string of the molecule is CCOc1cc([C@@H]2NC(=O)NC(C)=C2C(=O)OC)ccc1OC[C@H](O)N/N=C\c1cc(OC)c(OCc2ccccc2)cc1Br. The molecule has 0 aliphatic carbocycles. The van der Waals surface area contributed by atoms with Gasteiger partial charge in [0.25, 0.3) is 0 Å². The van der Waals surface area contributed by atoms with E-state index in [0.29, 0.717) is 53.0 Å². The number of nitrogens with one attached hydrogen (secondary N) is 3. The fraction of sp³-hybridized carbons (Fsp3) is 0.281. The molecule has 4 rings (SSSR count). The molecule has 0 bridgehead atoms. The Kier molecular flexibility index (Phi) is 11.7. The Morgan fingerprint density at radius 3 is 2.51 bits per heavy atom. The molecule has 0 saturated heterocycles. The van der Waals surface area contributed by atoms with Crippen molar-refractivity contribution < 1.29 is 38.4 Å². The molecule has 3 aromatic carbocycles. The van der Waals surface area contributed by atoms with Crippen LogP contribution in [0.2, 0.25) is 0 Å². The Bertz CT molecular complexity index is 1560. The zero-order valence-electron chi connectivity index (χ0n) is 25.3. The van der Waals surface area contributed by atoms with E-state index in [0.717, 1.165) is 10.0 Å². The maximum Gasteiger partial charge on any atom is 0.337 e. The molecule has 45 heavy (non-hydrogen) atoms. The van der Waals surface area contributed by atoms with Gasteiger partial charge in [0.05, 0.1) is 38.7 Å². The Hall–Kier alpha value is -4.75. The number of carbonyl (C=O) groups is 2. The van der Waals surface area contributed by atoms with Gasteiger partial charge >= 0.3 is 12.0 Å². The molecule has 0 unspecified atom stereocenters. The standard InChI is InChI=1S/C32H35BrN4O8/c1-5-43-26-13-21(30-29(31(39)42-4)19(2)35-32(40)36-30)11-12-24(26)45-18-28(38)37-34-16-22-14-25(41-3)27(15-23(22)33)44-17-20-9-7-6-8-10-20/h6-16,28,30,37-38H,5,17-18H2,1-4H3,(H2,35,36,40)/b34-16-/t28-,30-/m0/s1. The molecule has 1 aliphatic rings. The van der Waals surface area contributed by atoms with Crippen molar-refractivity contribution in [3.8, 4) is 23.0 Å². The molecule has 0 saturated carbocycles. The number of aliphatic hydroxyl groups excluding tert-OH is 1. The normalized spacial score (nSPS) is 15.2. The smallest absolute Gasteiger partial charge is 0.337 e. The fourth-order valence-corrected chi connectivity index (χ4v) is 4.90. The lowest BCUT2D eigenvalue weighted by Gasteiger charge is -2.28. The molecule has 0 radical (unpaired) electrons. The van der Waals surface area contributed by atoms with Gasteiger partial charge in [-0.05, 0) is 65.2 Å². The number of ether oxygens (including phenoxy) is 5. The van der Waals surface area contributed by atoms with Gasteiger partial charge in [-0.1, -0.05) is 36.4 Å². The lowest BCUT2D eigenvalue weighted by molar-refractivity contribution is -0.136. The predicted octanol–water partition coefficient (Wildman–Crippen LogP) is 4.56. The Balaban J connectivity index is 1.39. The van der Waals surface area contributed by atoms with Crippen LogP contribution in [-0.4, -0.2) is 57.0 Å². The third-order valence-electron chi connectivity index (χ3n) is 6.62. The average Bonchev–Trinajstić information content (AvgIpc) is 3.03. The highest BCUT2D eigenvalue weighted by atomic mass is 79.9. The van der Waals surface area contributed by atoms with Gasteiger partial charge in [-0.15, -0.1) is 0 Å². The largest absolute Gasteiger partial charge is 0.493 e. The minimum atomic E-state index is -1.16. The quantitative estimate of drug-likeness (QED) is 0.0831. The summed E-state index contributed by atoms with van der Waals surface area (Å²) in [6, 6.07) is 17.2. The summed E-state index contributed by atoms with van der Waals surface area (Å²) in [5, 5.41) is 20.0. The monoisotopic (exact) mass is 682 g/mol. The number of hydrogen-bond acceptors (Lipinski definition) is 10. The summed E-state index contributed by atoms with van der Waals surface area (Å²) in [7, 11) is 2.83. The number of halogens is 1. The molecule has 12 nitrogen and oxygen atoms in total. The van der Waals surface area contributed by atoms with Gasteiger partial charge in [0.1, 0.15) is 13.2 Å². The van der Waals surface area contributed by atoms with Gasteiger partial charge in [-0.3, -0.25) is 5.43 Å². The van der Waals surface area contributed by atoms with Crippen molar-refractivity contribution >= 4 is 34.1 Å². The van der Waals surface area contributed by atoms with Crippen molar-refractivity contribution in [2.75, 3.05) is 27.4 Å². The fourth-order valence-electron chi connectivity index (χ4n) is 4.47. The molecule has 3 aromatic rings. The van der Waals surface area contributed by atoms with Crippen LogP contribution in [0.5, 0.6) is 23.0 Å². The van der Waals surface area contributed by atoms with E-state index in [2.05, 4.69) is 37.1 Å². The lowest BCUT2D eigenvalue weighted by atomic mass is 9.95. The van der Waals surface area contributed by atoms with Gasteiger partial charge in [-0.25, -0.2) is 9.59 Å². The topological polar surface area (TPSA) is 149 Å². The van der Waals surface area contributed by atoms with Crippen molar-refractivity contribution in [3.05, 3.63) is 93.1 Å². The van der Waals surface area contributed by atoms with Gasteiger partial charge in [0.15, 0.2) is 29.2 Å². The van der Waals surface area contributed by atoms with E-state index in [4.69, 9.17) is 23.7 Å². The number of methoxy groups -OCH3 is 2. The van der Waals surface area contributed by atoms with E-state index in [-0.39, 0.29) is 12.2 Å². The number of urea groups is 1. The van der Waals surface area contributed by atoms with Crippen LogP contribution >= 0.6 is 15.9 Å². The number of hydrogen-bond donors (Lipinski definition) is 4. The molecule has 0 fully saturated rings. The number of rotatable bonds is 14. The van der Waals surface area contributed by atoms with E-state index in [1.54, 1.807) is 44.4 Å². The zero-order valence-corrected chi connectivity index (χ0v) is 26.8. The van der Waals surface area contributed by atoms with Crippen molar-refractivity contribution in [3.63, 3.8) is 0 Å². The van der Waals surface area contributed by atoms with E-state index in [1.807, 2.05) is 37.3 Å². The van der Waals surface area contributed by atoms with Gasteiger partial charge in [0.2, 0.25) is 0 Å². The molecular formula is C32H35BrN4O8. The molecule has 4 N–H and O–H groups in total. The van der Waals surface area contributed by atoms with Crippen molar-refractivity contribution in [2.24, 2.45) is 5.10 Å². The van der Waals surface area contributed by atoms with Crippen LogP contribution in [0.1, 0.15) is 36.6 Å². The van der Waals surface area contributed by atoms with E-state index < -0.39 is 24.3 Å². The molecule has 13 heteroatoms. The van der Waals surface area contributed by atoms with Crippen LogP contribution in [-0.2, 0) is 16.1 Å². The van der Waals surface area contributed by atoms with Crippen molar-refractivity contribution in [2.45, 2.75) is 32.7 Å². The van der Waals surface area contributed by atoms with Crippen LogP contribution in [0.15, 0.2) is 81.5 Å². The van der Waals surface area contributed by atoms with Crippen LogP contribution < -0.4 is 35.0 Å². The van der Waals surface area contributed by atoms with Crippen molar-refractivity contribution in [1.82, 2.24) is 16.1 Å². The number of nitrogens with zero attached hydrogens (tertiary/aromatic N) is 1. The molecule has 0 aromatic heterocycles. The Labute approximate surface area is 269 Å². The number of allylic oxidation sites excluding steroid dienone is 1. The summed E-state index contributed by atoms with van der Waals surface area (Å²) < 4.78 is 28.6. The molecule has 2 amide bonds. The lowest BCUT2D eigenvalue weighted by Crippen LogP contribution is -2.45. The van der Waals surface area contributed by atoms with Crippen LogP contribution in [0, 0.1) is 0 Å². The highest BCUT2D eigenvalue weighted by molar-refractivity contribution is 9.10. The molecule has 1 heterocycles. The number of amides is 2. The van der Waals surface area contributed by atoms with Gasteiger partial charge in [-0.2, -0.15) is 5.10 Å². The molecule has 238 valence electrons. The first kappa shape index (κ1) is 33.1. The average molecular weight is 684 g/mol. The predicted molar refractivity (Wildman–Crippen MR) is 170 cm³/mol. The van der Waals surface area contributed by atoms with Gasteiger partial charge in [0, 0.05) is 15.7 Å². The third-order valence-corrected chi connectivity index (χ3v) is 7.31. The summed E-state index contributed by atoms with van der Waals surface area (Å²) in [5.41, 5.74) is 5.59. The summed E-state index contributed by atoms with van der Waals surface area (Å²) in [6.07, 6.45) is 0.364. The molecule has 1 aliphatic heterocycles. The van der Waals surface area contributed by atoms with Crippen LogP contribution in [0.4, 0.5) is 4.79 Å². The first-order valence-corrected chi connectivity index (χ1v) is 14.8. The van der Waals surface area contributed by atoms with E-state index in [1.165, 1.54) is 13.3 Å². The Morgan fingerprint density at radius 2 is 1.80 bits per heavy atom. The number of hydrazone groups is 1. The summed E-state index contributed by atoms with van der Waals surface area (Å²) in [4.78, 5) is 24.6. The second-order valence-corrected chi connectivity index (χ2v) is 10.6. The third kappa shape index (κ3) is 8.67. The summed E-state index contributed by atoms with van der Waals surface area (Å²) in [6.45, 7) is 3.99. The van der Waals surface area contributed by atoms with Gasteiger partial charge < -0.3 is 39.4 Å². The maximum absolute atomic E-state index is 12.5. The van der Waals surface area contributed by atoms with E-state index >= 15 is 0 Å². The molecule has 0 spiro atoms. The maximum atomic E-state index is 12.5. The first-order valence-electron chi connectivity index (χ1n) is 14.0. The minimum Gasteiger partial charge on any atom is -0.493 e. The Morgan fingerprint density at radius 1 is 1.04 bits per heavy atom. The number of esters is 1. The number of aliphatic hydroxyl groups is 1. The van der Waals surface area contributed by atoms with Crippen LogP contribution in [0.25, 0.3) is 0 Å². The second-order valence-electron chi connectivity index (χ2n) is 9.71. The highest BCUT2D eigenvalue weighted by Gasteiger charge is 2.32.